The number of hydrogen-bond donors (Lipinski definition) is 5. The van der Waals surface area contributed by atoms with Crippen LogP contribution in [0.1, 0.15) is 29.1 Å². The molecular formula is C15H20Cl5N15O10S5. The Morgan fingerprint density at radius 1 is 0.320 bits per heavy atom. The molecule has 0 spiro atoms. The monoisotopic (exact) mass is 905 g/mol. The van der Waals surface area contributed by atoms with Crippen molar-refractivity contribution in [3.8, 4) is 0 Å². The van der Waals surface area contributed by atoms with E-state index in [2.05, 4.69) is 75.9 Å². The average molecular weight is 908 g/mol. The van der Waals surface area contributed by atoms with Crippen molar-refractivity contribution in [3.05, 3.63) is 29.1 Å². The number of aromatic nitrogens is 15. The lowest BCUT2D eigenvalue weighted by atomic mass is 10.8. The second kappa shape index (κ2) is 17.9. The number of nitrogens with zero attached hydrogens (tertiary/aromatic N) is 10. The molecule has 5 heterocycles. The quantitative estimate of drug-likeness (QED) is 0.147. The average Bonchev–Trinajstić information content (AvgIpc) is 3.75. The molecule has 5 aromatic rings. The van der Waals surface area contributed by atoms with Gasteiger partial charge in [-0.25, -0.2) is 67.0 Å². The Bertz CT molecular complexity index is 2040. The molecule has 50 heavy (non-hydrogen) atoms. The van der Waals surface area contributed by atoms with E-state index in [0.717, 1.165) is 0 Å². The number of H-pyrrole nitrogens is 5. The van der Waals surface area contributed by atoms with Crippen LogP contribution in [-0.2, 0) is 45.3 Å². The number of aromatic amines is 5. The Hall–Kier alpha value is -3.10. The molecule has 280 valence electrons. The molecule has 0 unspecified atom stereocenters. The highest BCUT2D eigenvalue weighted by Gasteiger charge is 2.17. The molecule has 5 N–H and O–H groups in total. The zero-order chi connectivity index (χ0) is 38.9. The van der Waals surface area contributed by atoms with E-state index >= 15 is 0 Å². The third-order valence-corrected chi connectivity index (χ3v) is 9.14. The fraction of sp³-hybridized carbons (Fsp3) is 0.333. The van der Waals surface area contributed by atoms with E-state index < -0.39 is 45.3 Å². The second-order valence-corrected chi connectivity index (χ2v) is 20.5. The summed E-state index contributed by atoms with van der Waals surface area (Å²) < 4.78 is 105. The Labute approximate surface area is 304 Å². The van der Waals surface area contributed by atoms with Crippen LogP contribution in [0.3, 0.4) is 0 Å². The van der Waals surface area contributed by atoms with E-state index in [0.29, 0.717) is 29.1 Å². The Balaban J connectivity index is 0.000000312. The predicted octanol–water partition coefficient (Wildman–Crippen LogP) is 0.203. The van der Waals surface area contributed by atoms with Gasteiger partial charge in [0.05, 0.1) is 0 Å². The molecular weight excluding hydrogens is 888 g/mol. The highest BCUT2D eigenvalue weighted by atomic mass is 35.7. The summed E-state index contributed by atoms with van der Waals surface area (Å²) in [6.45, 7) is 7.91. The maximum absolute atomic E-state index is 10.5. The predicted molar refractivity (Wildman–Crippen MR) is 171 cm³/mol. The maximum Gasteiger partial charge on any atom is 0.298 e. The molecule has 25 nitrogen and oxygen atoms in total. The SMILES string of the molecule is Cc1nc(S(=O)(=O)Cl)n[nH]1.Cc1nc(S(=O)(=O)Cl)n[nH]1.Cc1nc(S(=O)(=O)Cl)n[nH]1.Cc1nc(S(=O)(=O)Cl)n[nH]1.Cc1nc(S(=O)(=O)Cl)n[nH]1. The molecule has 5 rings (SSSR count). The molecule has 5 aromatic heterocycles. The van der Waals surface area contributed by atoms with E-state index in [1.54, 1.807) is 34.6 Å². The van der Waals surface area contributed by atoms with Gasteiger partial charge in [-0.1, -0.05) is 0 Å². The summed E-state index contributed by atoms with van der Waals surface area (Å²) in [5.41, 5.74) is 0. The minimum absolute atomic E-state index is 0.383. The molecule has 0 bridgehead atoms. The van der Waals surface area contributed by atoms with Crippen LogP contribution in [0.5, 0.6) is 0 Å². The van der Waals surface area contributed by atoms with Gasteiger partial charge in [-0.3, -0.25) is 25.5 Å². The molecule has 0 aliphatic rings. The van der Waals surface area contributed by atoms with Crippen LogP contribution in [-0.4, -0.2) is 118 Å². The van der Waals surface area contributed by atoms with E-state index in [9.17, 15) is 42.1 Å². The largest absolute Gasteiger partial charge is 0.298 e. The van der Waals surface area contributed by atoms with Gasteiger partial charge in [0.2, 0.25) is 0 Å². The lowest BCUT2D eigenvalue weighted by molar-refractivity contribution is 0.600. The fourth-order valence-corrected chi connectivity index (χ4v) is 5.19. The zero-order valence-corrected chi connectivity index (χ0v) is 32.8. The van der Waals surface area contributed by atoms with Crippen LogP contribution in [0.15, 0.2) is 25.8 Å². The van der Waals surface area contributed by atoms with Crippen LogP contribution < -0.4 is 0 Å². The summed E-state index contributed by atoms with van der Waals surface area (Å²) in [5, 5.41) is 26.5. The standard InChI is InChI=1S/5C3H4ClN3O2S/c5*1-2-5-3(7-6-2)10(4,8)9/h5*1H3,(H,5,6,7). The Kier molecular flexibility index (Phi) is 16.1. The zero-order valence-electron chi connectivity index (χ0n) is 25.0. The van der Waals surface area contributed by atoms with Gasteiger partial charge in [-0.15, -0.1) is 25.5 Å². The van der Waals surface area contributed by atoms with Gasteiger partial charge in [0.15, 0.2) is 0 Å². The number of rotatable bonds is 5. The molecule has 0 radical (unpaired) electrons. The molecule has 0 amide bonds. The first-order valence-corrected chi connectivity index (χ1v) is 23.2. The normalized spacial score (nSPS) is 11.8. The van der Waals surface area contributed by atoms with Crippen molar-refractivity contribution in [3.63, 3.8) is 0 Å². The van der Waals surface area contributed by atoms with Crippen LogP contribution >= 0.6 is 53.4 Å². The van der Waals surface area contributed by atoms with Gasteiger partial charge in [-0.05, 0) is 34.6 Å². The number of aryl methyl sites for hydroxylation is 5. The lowest BCUT2D eigenvalue weighted by Gasteiger charge is -1.80. The fourth-order valence-electron chi connectivity index (χ4n) is 2.16. The number of hydrogen-bond acceptors (Lipinski definition) is 20. The van der Waals surface area contributed by atoms with Crippen molar-refractivity contribution >= 4 is 98.7 Å². The second-order valence-electron chi connectivity index (χ2n) is 8.21. The van der Waals surface area contributed by atoms with Crippen LogP contribution in [0.2, 0.25) is 0 Å². The van der Waals surface area contributed by atoms with Gasteiger partial charge in [0, 0.05) is 53.4 Å². The third kappa shape index (κ3) is 16.7. The first kappa shape index (κ1) is 44.9. The molecule has 0 aliphatic carbocycles. The minimum atomic E-state index is -3.76. The Morgan fingerprint density at radius 2 is 0.440 bits per heavy atom. The van der Waals surface area contributed by atoms with Crippen LogP contribution in [0, 0.1) is 34.6 Å². The molecule has 0 saturated carbocycles. The van der Waals surface area contributed by atoms with E-state index in [4.69, 9.17) is 53.4 Å². The van der Waals surface area contributed by atoms with Crippen molar-refractivity contribution in [1.29, 1.82) is 0 Å². The van der Waals surface area contributed by atoms with Crippen molar-refractivity contribution in [1.82, 2.24) is 75.9 Å². The first-order valence-electron chi connectivity index (χ1n) is 11.7. The third-order valence-electron chi connectivity index (χ3n) is 3.97. The van der Waals surface area contributed by atoms with Crippen molar-refractivity contribution < 1.29 is 42.1 Å². The van der Waals surface area contributed by atoms with E-state index in [-0.39, 0.29) is 25.8 Å². The van der Waals surface area contributed by atoms with Crippen molar-refractivity contribution in [2.75, 3.05) is 0 Å². The topological polar surface area (TPSA) is 379 Å². The highest BCUT2D eigenvalue weighted by molar-refractivity contribution is 8.14. The van der Waals surface area contributed by atoms with E-state index in [1.165, 1.54) is 0 Å². The van der Waals surface area contributed by atoms with Crippen LogP contribution in [0.4, 0.5) is 0 Å². The van der Waals surface area contributed by atoms with Crippen molar-refractivity contribution in [2.45, 2.75) is 60.4 Å². The molecule has 0 aliphatic heterocycles. The van der Waals surface area contributed by atoms with Gasteiger partial charge in [0.25, 0.3) is 71.0 Å². The summed E-state index contributed by atoms with van der Waals surface area (Å²) in [7, 11) is 5.68. The Morgan fingerprint density at radius 3 is 0.480 bits per heavy atom. The number of halogens is 5. The van der Waals surface area contributed by atoms with Crippen LogP contribution in [0.25, 0.3) is 0 Å². The minimum Gasteiger partial charge on any atom is -0.262 e. The molecule has 0 atom stereocenters. The van der Waals surface area contributed by atoms with Gasteiger partial charge >= 0.3 is 0 Å². The van der Waals surface area contributed by atoms with E-state index in [1.807, 2.05) is 0 Å². The molecule has 0 fully saturated rings. The first-order chi connectivity index (χ1) is 22.5. The maximum atomic E-state index is 10.5. The highest BCUT2D eigenvalue weighted by Crippen LogP contribution is 2.10. The summed E-state index contributed by atoms with van der Waals surface area (Å²) in [6, 6.07) is 0. The summed E-state index contributed by atoms with van der Waals surface area (Å²) in [6.07, 6.45) is 0. The number of nitrogens with one attached hydrogen (secondary N) is 5. The molecule has 0 aromatic carbocycles. The van der Waals surface area contributed by atoms with Gasteiger partial charge in [0.1, 0.15) is 29.1 Å². The van der Waals surface area contributed by atoms with Crippen molar-refractivity contribution in [2.24, 2.45) is 0 Å². The van der Waals surface area contributed by atoms with Gasteiger partial charge in [-0.2, -0.15) is 0 Å². The summed E-state index contributed by atoms with van der Waals surface area (Å²) >= 11 is 0. The smallest absolute Gasteiger partial charge is 0.262 e. The molecule has 0 saturated heterocycles. The summed E-state index contributed by atoms with van der Waals surface area (Å²) in [5.74, 6) is 2.08. The van der Waals surface area contributed by atoms with Gasteiger partial charge < -0.3 is 0 Å². The summed E-state index contributed by atoms with van der Waals surface area (Å²) in [4.78, 5) is 17.5. The lowest BCUT2D eigenvalue weighted by Crippen LogP contribution is -1.92. The molecule has 35 heteroatoms.